The molecular weight excluding hydrogens is 482 g/mol. The molecule has 190 valence electrons. The summed E-state index contributed by atoms with van der Waals surface area (Å²) in [5.74, 6) is 0.294. The Morgan fingerprint density at radius 2 is 1.49 bits per heavy atom. The summed E-state index contributed by atoms with van der Waals surface area (Å²) in [6.07, 6.45) is -10.0. The number of nitrogens with zero attached hydrogens (tertiary/aromatic N) is 2. The average molecular weight is 504 g/mol. The van der Waals surface area contributed by atoms with Gasteiger partial charge in [-0.25, -0.2) is 0 Å². The van der Waals surface area contributed by atoms with Gasteiger partial charge in [0, 0.05) is 26.2 Å². The van der Waals surface area contributed by atoms with E-state index in [-0.39, 0.29) is 12.9 Å². The Morgan fingerprint density at radius 3 is 2.09 bits per heavy atom. The van der Waals surface area contributed by atoms with E-state index in [1.54, 1.807) is 18.2 Å². The molecule has 0 spiro atoms. The van der Waals surface area contributed by atoms with Crippen LogP contribution < -0.4 is 20.3 Å². The van der Waals surface area contributed by atoms with Crippen LogP contribution in [0.4, 0.5) is 32.0 Å². The van der Waals surface area contributed by atoms with Gasteiger partial charge in [0.25, 0.3) is 5.91 Å². The summed E-state index contributed by atoms with van der Waals surface area (Å²) in [5.41, 5.74) is 1.51. The summed E-state index contributed by atoms with van der Waals surface area (Å²) in [6, 6.07) is 5.09. The molecule has 7 nitrogen and oxygen atoms in total. The predicted octanol–water partition coefficient (Wildman–Crippen LogP) is 3.88. The SMILES string of the molecule is CN1CCN(C(C(=O)NNc2cc(C(F)(F)F)cc(C(F)(F)F)c2)c2ccc3c(c2)OCO3)CC1. The number of nitrogens with one attached hydrogen (secondary N) is 2. The molecule has 1 unspecified atom stereocenters. The highest BCUT2D eigenvalue weighted by Gasteiger charge is 2.37. The zero-order valence-corrected chi connectivity index (χ0v) is 18.5. The van der Waals surface area contributed by atoms with Crippen LogP contribution in [0.2, 0.25) is 0 Å². The first kappa shape index (κ1) is 24.9. The van der Waals surface area contributed by atoms with Crippen molar-refractivity contribution in [1.29, 1.82) is 0 Å². The van der Waals surface area contributed by atoms with Crippen LogP contribution in [0, 0.1) is 0 Å². The standard InChI is InChI=1S/C22H22F6N4O3/c1-31-4-6-32(7-5-31)19(13-2-3-17-18(8-13)35-12-34-17)20(33)30-29-16-10-14(21(23,24)25)9-15(11-16)22(26,27)28/h2-3,8-11,19,29H,4-7,12H2,1H3,(H,30,33). The first-order valence-electron chi connectivity index (χ1n) is 10.6. The second-order valence-electron chi connectivity index (χ2n) is 8.26. The molecule has 4 rings (SSSR count). The summed E-state index contributed by atoms with van der Waals surface area (Å²) in [5, 5.41) is 0. The fraction of sp³-hybridized carbons (Fsp3) is 0.409. The average Bonchev–Trinajstić information content (AvgIpc) is 3.26. The number of ether oxygens (including phenoxy) is 2. The van der Waals surface area contributed by atoms with E-state index in [1.165, 1.54) is 0 Å². The van der Waals surface area contributed by atoms with Crippen molar-refractivity contribution in [1.82, 2.24) is 15.2 Å². The Hall–Kier alpha value is -3.19. The monoisotopic (exact) mass is 504 g/mol. The minimum atomic E-state index is -5.00. The number of benzene rings is 2. The topological polar surface area (TPSA) is 66.1 Å². The lowest BCUT2D eigenvalue weighted by atomic mass is 10.0. The second kappa shape index (κ2) is 9.46. The number of rotatable bonds is 5. The molecule has 2 aliphatic heterocycles. The molecule has 0 aliphatic carbocycles. The highest BCUT2D eigenvalue weighted by Crippen LogP contribution is 2.38. The number of carbonyl (C=O) groups excluding carboxylic acids is 1. The smallest absolute Gasteiger partial charge is 0.416 e. The van der Waals surface area contributed by atoms with Gasteiger partial charge in [0.2, 0.25) is 6.79 Å². The van der Waals surface area contributed by atoms with E-state index >= 15 is 0 Å². The number of fused-ring (bicyclic) bond motifs is 1. The van der Waals surface area contributed by atoms with E-state index in [0.29, 0.717) is 55.4 Å². The van der Waals surface area contributed by atoms with Crippen molar-refractivity contribution in [2.24, 2.45) is 0 Å². The Labute approximate surface area is 196 Å². The predicted molar refractivity (Wildman–Crippen MR) is 113 cm³/mol. The molecule has 1 fully saturated rings. The molecule has 1 atom stereocenters. The van der Waals surface area contributed by atoms with Crippen molar-refractivity contribution in [2.75, 3.05) is 45.4 Å². The third kappa shape index (κ3) is 5.73. The van der Waals surface area contributed by atoms with Gasteiger partial charge in [0.05, 0.1) is 16.8 Å². The van der Waals surface area contributed by atoms with Crippen LogP contribution in [0.1, 0.15) is 22.7 Å². The van der Waals surface area contributed by atoms with Gasteiger partial charge in [-0.05, 0) is 42.9 Å². The first-order valence-corrected chi connectivity index (χ1v) is 10.6. The van der Waals surface area contributed by atoms with Gasteiger partial charge in [-0.15, -0.1) is 0 Å². The molecule has 2 aromatic carbocycles. The number of halogens is 6. The maximum atomic E-state index is 13.2. The molecule has 2 N–H and O–H groups in total. The molecule has 0 aromatic heterocycles. The van der Waals surface area contributed by atoms with Crippen molar-refractivity contribution >= 4 is 11.6 Å². The molecule has 1 amide bonds. The fourth-order valence-corrected chi connectivity index (χ4v) is 3.92. The lowest BCUT2D eigenvalue weighted by Crippen LogP contribution is -2.50. The Morgan fingerprint density at radius 1 is 0.886 bits per heavy atom. The molecule has 13 heteroatoms. The highest BCUT2D eigenvalue weighted by molar-refractivity contribution is 5.84. The number of carbonyl (C=O) groups is 1. The van der Waals surface area contributed by atoms with Crippen LogP contribution in [-0.4, -0.2) is 55.7 Å². The van der Waals surface area contributed by atoms with Gasteiger partial charge in [-0.3, -0.25) is 20.5 Å². The fourth-order valence-electron chi connectivity index (χ4n) is 3.92. The number of anilines is 1. The number of hydrogen-bond acceptors (Lipinski definition) is 6. The minimum Gasteiger partial charge on any atom is -0.454 e. The summed E-state index contributed by atoms with van der Waals surface area (Å²) in [6.45, 7) is 2.41. The number of alkyl halides is 6. The van der Waals surface area contributed by atoms with E-state index in [0.717, 1.165) is 0 Å². The van der Waals surface area contributed by atoms with E-state index in [9.17, 15) is 31.1 Å². The van der Waals surface area contributed by atoms with Crippen molar-refractivity contribution in [2.45, 2.75) is 18.4 Å². The van der Waals surface area contributed by atoms with Gasteiger partial charge < -0.3 is 14.4 Å². The van der Waals surface area contributed by atoms with Crippen molar-refractivity contribution < 1.29 is 40.6 Å². The van der Waals surface area contributed by atoms with E-state index in [4.69, 9.17) is 9.47 Å². The Balaban J connectivity index is 1.59. The molecule has 0 radical (unpaired) electrons. The molecule has 2 aliphatic rings. The van der Waals surface area contributed by atoms with E-state index < -0.39 is 41.1 Å². The van der Waals surface area contributed by atoms with E-state index in [1.807, 2.05) is 11.9 Å². The lowest BCUT2D eigenvalue weighted by molar-refractivity contribution is -0.143. The number of amides is 1. The van der Waals surface area contributed by atoms with Crippen LogP contribution in [0.5, 0.6) is 11.5 Å². The first-order chi connectivity index (χ1) is 16.4. The van der Waals surface area contributed by atoms with Crippen molar-refractivity contribution in [3.63, 3.8) is 0 Å². The Kier molecular flexibility index (Phi) is 6.73. The van der Waals surface area contributed by atoms with Crippen LogP contribution in [0.25, 0.3) is 0 Å². The minimum absolute atomic E-state index is 0.0205. The van der Waals surface area contributed by atoms with Crippen LogP contribution in [0.15, 0.2) is 36.4 Å². The van der Waals surface area contributed by atoms with Crippen LogP contribution >= 0.6 is 0 Å². The number of hydrazine groups is 1. The lowest BCUT2D eigenvalue weighted by Gasteiger charge is -2.37. The van der Waals surface area contributed by atoms with Crippen LogP contribution in [-0.2, 0) is 17.1 Å². The summed E-state index contributed by atoms with van der Waals surface area (Å²) in [7, 11) is 1.93. The van der Waals surface area contributed by atoms with Crippen molar-refractivity contribution in [3.8, 4) is 11.5 Å². The van der Waals surface area contributed by atoms with Gasteiger partial charge in [0.15, 0.2) is 11.5 Å². The number of hydrogen-bond donors (Lipinski definition) is 2. The molecule has 1 saturated heterocycles. The van der Waals surface area contributed by atoms with Gasteiger partial charge in [-0.1, -0.05) is 6.07 Å². The van der Waals surface area contributed by atoms with Crippen LogP contribution in [0.3, 0.4) is 0 Å². The zero-order valence-electron chi connectivity index (χ0n) is 18.5. The van der Waals surface area contributed by atoms with Gasteiger partial charge >= 0.3 is 12.4 Å². The van der Waals surface area contributed by atoms with E-state index in [2.05, 4.69) is 15.8 Å². The molecule has 2 heterocycles. The summed E-state index contributed by atoms with van der Waals surface area (Å²) in [4.78, 5) is 17.2. The van der Waals surface area contributed by atoms with Gasteiger partial charge in [-0.2, -0.15) is 26.3 Å². The third-order valence-electron chi connectivity index (χ3n) is 5.78. The second-order valence-corrected chi connectivity index (χ2v) is 8.26. The largest absolute Gasteiger partial charge is 0.454 e. The summed E-state index contributed by atoms with van der Waals surface area (Å²) >= 11 is 0. The molecule has 0 saturated carbocycles. The Bertz CT molecular complexity index is 1050. The highest BCUT2D eigenvalue weighted by atomic mass is 19.4. The molecule has 35 heavy (non-hydrogen) atoms. The molecule has 2 aromatic rings. The summed E-state index contributed by atoms with van der Waals surface area (Å²) < 4.78 is 89.6. The quantitative estimate of drug-likeness (QED) is 0.476. The molecular formula is C22H22F6N4O3. The normalized spacial score (nSPS) is 17.8. The molecule has 0 bridgehead atoms. The maximum absolute atomic E-state index is 13.2. The van der Waals surface area contributed by atoms with Crippen molar-refractivity contribution in [3.05, 3.63) is 53.1 Å². The maximum Gasteiger partial charge on any atom is 0.416 e. The van der Waals surface area contributed by atoms with Gasteiger partial charge in [0.1, 0.15) is 6.04 Å². The zero-order chi connectivity index (χ0) is 25.4. The number of likely N-dealkylation sites (N-methyl/N-ethyl adjacent to an activating group) is 1. The third-order valence-corrected chi connectivity index (χ3v) is 5.78. The number of piperazine rings is 1.